The summed E-state index contributed by atoms with van der Waals surface area (Å²) in [6.07, 6.45) is 5.29. The summed E-state index contributed by atoms with van der Waals surface area (Å²) >= 11 is 0. The Balaban J connectivity index is 1.46. The van der Waals surface area contributed by atoms with Gasteiger partial charge in [0.1, 0.15) is 0 Å². The number of hydrogen-bond acceptors (Lipinski definition) is 6. The van der Waals surface area contributed by atoms with Gasteiger partial charge in [0, 0.05) is 30.5 Å². The van der Waals surface area contributed by atoms with E-state index in [9.17, 15) is 9.59 Å². The van der Waals surface area contributed by atoms with E-state index in [0.29, 0.717) is 23.8 Å². The molecule has 0 unspecified atom stereocenters. The number of benzene rings is 2. The lowest BCUT2D eigenvalue weighted by molar-refractivity contribution is -0.142. The summed E-state index contributed by atoms with van der Waals surface area (Å²) in [7, 11) is 1.55. The van der Waals surface area contributed by atoms with Crippen LogP contribution in [-0.4, -0.2) is 45.3 Å². The lowest BCUT2D eigenvalue weighted by Gasteiger charge is -2.17. The summed E-state index contributed by atoms with van der Waals surface area (Å²) in [4.78, 5) is 26.3. The van der Waals surface area contributed by atoms with Crippen molar-refractivity contribution in [3.05, 3.63) is 54.1 Å². The van der Waals surface area contributed by atoms with Crippen LogP contribution in [0.15, 0.2) is 48.5 Å². The number of methoxy groups -OCH3 is 1. The maximum absolute atomic E-state index is 12.1. The van der Waals surface area contributed by atoms with Crippen molar-refractivity contribution < 1.29 is 23.8 Å². The molecule has 0 atom stereocenters. The molecule has 1 heterocycles. The summed E-state index contributed by atoms with van der Waals surface area (Å²) in [5.74, 6) is 0.216. The standard InChI is InChI=1S/C24H28N2O5/c1-3-30-21-12-6-18(16-22(21)29-2)7-13-24(28)31-17-23(27)25-19-8-10-20(11-9-19)26-14-4-5-15-26/h6-13,16H,3-5,14-15,17H2,1-2H3,(H,25,27)/b13-7+. The van der Waals surface area contributed by atoms with Gasteiger partial charge < -0.3 is 24.4 Å². The molecular formula is C24H28N2O5. The van der Waals surface area contributed by atoms with Gasteiger partial charge in [-0.15, -0.1) is 0 Å². The second-order valence-electron chi connectivity index (χ2n) is 7.07. The molecule has 0 spiro atoms. The normalized spacial score (nSPS) is 13.3. The first-order chi connectivity index (χ1) is 15.1. The molecule has 31 heavy (non-hydrogen) atoms. The minimum Gasteiger partial charge on any atom is -0.493 e. The number of amides is 1. The second kappa shape index (κ2) is 11.1. The Morgan fingerprint density at radius 3 is 2.48 bits per heavy atom. The monoisotopic (exact) mass is 424 g/mol. The number of carbonyl (C=O) groups excluding carboxylic acids is 2. The molecule has 164 valence electrons. The van der Waals surface area contributed by atoms with Gasteiger partial charge in [-0.25, -0.2) is 4.79 Å². The van der Waals surface area contributed by atoms with Crippen molar-refractivity contribution in [1.82, 2.24) is 0 Å². The number of nitrogens with one attached hydrogen (secondary N) is 1. The Morgan fingerprint density at radius 2 is 1.81 bits per heavy atom. The molecule has 0 aliphatic carbocycles. The van der Waals surface area contributed by atoms with Crippen LogP contribution in [0.5, 0.6) is 11.5 Å². The van der Waals surface area contributed by atoms with E-state index in [-0.39, 0.29) is 6.61 Å². The second-order valence-corrected chi connectivity index (χ2v) is 7.07. The number of anilines is 2. The zero-order chi connectivity index (χ0) is 22.1. The van der Waals surface area contributed by atoms with Gasteiger partial charge >= 0.3 is 5.97 Å². The van der Waals surface area contributed by atoms with Crippen LogP contribution in [0, 0.1) is 0 Å². The molecule has 2 aromatic carbocycles. The SMILES string of the molecule is CCOc1ccc(/C=C/C(=O)OCC(=O)Nc2ccc(N3CCCC3)cc2)cc1OC. The van der Waals surface area contributed by atoms with Gasteiger partial charge in [0.15, 0.2) is 18.1 Å². The average molecular weight is 424 g/mol. The predicted molar refractivity (Wildman–Crippen MR) is 121 cm³/mol. The molecule has 1 aliphatic heterocycles. The molecule has 1 fully saturated rings. The van der Waals surface area contributed by atoms with E-state index in [1.807, 2.05) is 31.2 Å². The molecule has 0 bridgehead atoms. The van der Waals surface area contributed by atoms with Crippen LogP contribution in [0.1, 0.15) is 25.3 Å². The largest absolute Gasteiger partial charge is 0.493 e. The Labute approximate surface area is 182 Å². The van der Waals surface area contributed by atoms with Crippen LogP contribution < -0.4 is 19.7 Å². The topological polar surface area (TPSA) is 77.1 Å². The van der Waals surface area contributed by atoms with Gasteiger partial charge in [0.25, 0.3) is 5.91 Å². The highest BCUT2D eigenvalue weighted by atomic mass is 16.5. The number of esters is 1. The summed E-state index contributed by atoms with van der Waals surface area (Å²) in [5, 5.41) is 2.73. The molecule has 2 aromatic rings. The Morgan fingerprint density at radius 1 is 1.06 bits per heavy atom. The van der Waals surface area contributed by atoms with Crippen LogP contribution in [0.25, 0.3) is 6.08 Å². The summed E-state index contributed by atoms with van der Waals surface area (Å²) in [5.41, 5.74) is 2.57. The highest BCUT2D eigenvalue weighted by Gasteiger charge is 2.12. The van der Waals surface area contributed by atoms with E-state index >= 15 is 0 Å². The van der Waals surface area contributed by atoms with Gasteiger partial charge in [0.05, 0.1) is 13.7 Å². The fraction of sp³-hybridized carbons (Fsp3) is 0.333. The van der Waals surface area contributed by atoms with E-state index in [1.54, 1.807) is 31.4 Å². The Kier molecular flexibility index (Phi) is 7.92. The molecule has 1 amide bonds. The minimum absolute atomic E-state index is 0.357. The quantitative estimate of drug-likeness (QED) is 0.486. The van der Waals surface area contributed by atoms with Gasteiger partial charge in [-0.3, -0.25) is 4.79 Å². The zero-order valence-electron chi connectivity index (χ0n) is 17.9. The Hall–Kier alpha value is -3.48. The van der Waals surface area contributed by atoms with Crippen molar-refractivity contribution in [3.8, 4) is 11.5 Å². The number of nitrogens with zero attached hydrogens (tertiary/aromatic N) is 1. The third-order valence-corrected chi connectivity index (χ3v) is 4.87. The molecule has 7 heteroatoms. The van der Waals surface area contributed by atoms with E-state index < -0.39 is 11.9 Å². The fourth-order valence-electron chi connectivity index (χ4n) is 3.34. The van der Waals surface area contributed by atoms with Gasteiger partial charge in [-0.2, -0.15) is 0 Å². The van der Waals surface area contributed by atoms with Gasteiger partial charge in [0.2, 0.25) is 0 Å². The maximum Gasteiger partial charge on any atom is 0.331 e. The molecule has 0 aromatic heterocycles. The fourth-order valence-corrected chi connectivity index (χ4v) is 3.34. The molecule has 1 N–H and O–H groups in total. The summed E-state index contributed by atoms with van der Waals surface area (Å²) in [6.45, 7) is 4.20. The van der Waals surface area contributed by atoms with E-state index in [0.717, 1.165) is 24.3 Å². The first-order valence-corrected chi connectivity index (χ1v) is 10.4. The lowest BCUT2D eigenvalue weighted by atomic mass is 10.2. The maximum atomic E-state index is 12.1. The van der Waals surface area contributed by atoms with Crippen molar-refractivity contribution >= 4 is 29.3 Å². The number of hydrogen-bond donors (Lipinski definition) is 1. The first-order valence-electron chi connectivity index (χ1n) is 10.4. The predicted octanol–water partition coefficient (Wildman–Crippen LogP) is 3.89. The summed E-state index contributed by atoms with van der Waals surface area (Å²) < 4.78 is 15.8. The number of ether oxygens (including phenoxy) is 3. The third-order valence-electron chi connectivity index (χ3n) is 4.87. The molecule has 1 aliphatic rings. The number of carbonyl (C=O) groups is 2. The zero-order valence-corrected chi connectivity index (χ0v) is 17.9. The number of rotatable bonds is 9. The van der Waals surface area contributed by atoms with Crippen molar-refractivity contribution in [2.45, 2.75) is 19.8 Å². The molecule has 7 nitrogen and oxygen atoms in total. The van der Waals surface area contributed by atoms with Gasteiger partial charge in [-0.1, -0.05) is 6.07 Å². The van der Waals surface area contributed by atoms with Crippen LogP contribution in [0.4, 0.5) is 11.4 Å². The van der Waals surface area contributed by atoms with Crippen LogP contribution >= 0.6 is 0 Å². The van der Waals surface area contributed by atoms with Crippen LogP contribution in [0.2, 0.25) is 0 Å². The summed E-state index contributed by atoms with van der Waals surface area (Å²) in [6, 6.07) is 13.0. The van der Waals surface area contributed by atoms with Crippen molar-refractivity contribution in [3.63, 3.8) is 0 Å². The molecular weight excluding hydrogens is 396 g/mol. The van der Waals surface area contributed by atoms with Crippen LogP contribution in [0.3, 0.4) is 0 Å². The highest BCUT2D eigenvalue weighted by molar-refractivity contribution is 5.94. The van der Waals surface area contributed by atoms with Crippen molar-refractivity contribution in [2.24, 2.45) is 0 Å². The van der Waals surface area contributed by atoms with Crippen molar-refractivity contribution in [2.75, 3.05) is 43.6 Å². The average Bonchev–Trinajstić information content (AvgIpc) is 3.32. The van der Waals surface area contributed by atoms with Crippen LogP contribution in [-0.2, 0) is 14.3 Å². The molecule has 0 saturated carbocycles. The smallest absolute Gasteiger partial charge is 0.331 e. The molecule has 0 radical (unpaired) electrons. The third kappa shape index (κ3) is 6.50. The first kappa shape index (κ1) is 22.2. The lowest BCUT2D eigenvalue weighted by Crippen LogP contribution is -2.20. The minimum atomic E-state index is -0.604. The highest BCUT2D eigenvalue weighted by Crippen LogP contribution is 2.28. The van der Waals surface area contributed by atoms with E-state index in [2.05, 4.69) is 10.2 Å². The molecule has 1 saturated heterocycles. The van der Waals surface area contributed by atoms with Gasteiger partial charge in [-0.05, 0) is 67.8 Å². The van der Waals surface area contributed by atoms with E-state index in [1.165, 1.54) is 18.9 Å². The molecule has 3 rings (SSSR count). The van der Waals surface area contributed by atoms with E-state index in [4.69, 9.17) is 14.2 Å². The van der Waals surface area contributed by atoms with Crippen molar-refractivity contribution in [1.29, 1.82) is 0 Å². The Bertz CT molecular complexity index is 918.